The molecule has 6 heteroatoms. The third kappa shape index (κ3) is 2.49. The predicted molar refractivity (Wildman–Crippen MR) is 101 cm³/mol. The standard InChI is InChI=1S/C21H17NO5/c1-25-13-7-4-11(5-8-13)16-17-12(6-9-15(26-2)19(17)27-3)10-14-18(16)21(24)22-20(14)23/h4-10H,1-3H3,(H,22,23,24). The molecule has 1 aliphatic rings. The van der Waals surface area contributed by atoms with Crippen LogP contribution in [0.15, 0.2) is 42.5 Å². The molecular weight excluding hydrogens is 346 g/mol. The van der Waals surface area contributed by atoms with Crippen molar-refractivity contribution in [2.45, 2.75) is 0 Å². The fourth-order valence-electron chi connectivity index (χ4n) is 3.50. The van der Waals surface area contributed by atoms with Crippen LogP contribution in [0.25, 0.3) is 21.9 Å². The zero-order valence-electron chi connectivity index (χ0n) is 15.1. The molecule has 3 aromatic rings. The molecule has 0 atom stereocenters. The molecule has 27 heavy (non-hydrogen) atoms. The van der Waals surface area contributed by atoms with Gasteiger partial charge >= 0.3 is 0 Å². The average molecular weight is 363 g/mol. The molecule has 1 heterocycles. The van der Waals surface area contributed by atoms with Crippen molar-refractivity contribution in [3.05, 3.63) is 53.6 Å². The molecule has 0 bridgehead atoms. The van der Waals surface area contributed by atoms with Crippen LogP contribution in [0.4, 0.5) is 0 Å². The summed E-state index contributed by atoms with van der Waals surface area (Å²) in [6.45, 7) is 0. The normalized spacial score (nSPS) is 12.7. The van der Waals surface area contributed by atoms with Crippen LogP contribution in [0.3, 0.4) is 0 Å². The molecule has 0 saturated heterocycles. The first-order valence-electron chi connectivity index (χ1n) is 8.30. The molecule has 2 amide bonds. The number of methoxy groups -OCH3 is 3. The van der Waals surface area contributed by atoms with E-state index in [4.69, 9.17) is 14.2 Å². The van der Waals surface area contributed by atoms with Gasteiger partial charge in [-0.2, -0.15) is 0 Å². The Labute approximate surface area is 155 Å². The monoisotopic (exact) mass is 363 g/mol. The van der Waals surface area contributed by atoms with Gasteiger partial charge in [0.15, 0.2) is 11.5 Å². The minimum absolute atomic E-state index is 0.337. The number of fused-ring (bicyclic) bond motifs is 2. The van der Waals surface area contributed by atoms with E-state index in [1.54, 1.807) is 33.5 Å². The third-order valence-corrected chi connectivity index (χ3v) is 4.72. The molecule has 136 valence electrons. The van der Waals surface area contributed by atoms with E-state index >= 15 is 0 Å². The molecule has 4 rings (SSSR count). The number of amides is 2. The van der Waals surface area contributed by atoms with Crippen LogP contribution in [0.5, 0.6) is 17.2 Å². The van der Waals surface area contributed by atoms with Crippen LogP contribution in [0.1, 0.15) is 20.7 Å². The van der Waals surface area contributed by atoms with E-state index in [1.807, 2.05) is 30.3 Å². The first-order chi connectivity index (χ1) is 13.1. The second-order valence-electron chi connectivity index (χ2n) is 6.09. The summed E-state index contributed by atoms with van der Waals surface area (Å²) in [5, 5.41) is 3.87. The van der Waals surface area contributed by atoms with Crippen LogP contribution < -0.4 is 19.5 Å². The number of carbonyl (C=O) groups excluding carboxylic acids is 2. The Kier molecular flexibility index (Phi) is 3.96. The molecular formula is C21H17NO5. The van der Waals surface area contributed by atoms with E-state index in [9.17, 15) is 9.59 Å². The molecule has 0 spiro atoms. The number of rotatable bonds is 4. The first-order valence-corrected chi connectivity index (χ1v) is 8.30. The van der Waals surface area contributed by atoms with Gasteiger partial charge in [-0.3, -0.25) is 14.9 Å². The number of benzene rings is 3. The van der Waals surface area contributed by atoms with Crippen molar-refractivity contribution < 1.29 is 23.8 Å². The first kappa shape index (κ1) is 16.9. The Morgan fingerprint density at radius 1 is 0.778 bits per heavy atom. The maximum absolute atomic E-state index is 12.6. The van der Waals surface area contributed by atoms with Gasteiger partial charge < -0.3 is 14.2 Å². The highest BCUT2D eigenvalue weighted by Crippen LogP contribution is 2.45. The summed E-state index contributed by atoms with van der Waals surface area (Å²) in [6.07, 6.45) is 0. The molecule has 3 aromatic carbocycles. The number of hydrogen-bond donors (Lipinski definition) is 1. The number of hydrogen-bond acceptors (Lipinski definition) is 5. The van der Waals surface area contributed by atoms with Crippen LogP contribution in [-0.4, -0.2) is 33.1 Å². The fourth-order valence-corrected chi connectivity index (χ4v) is 3.50. The van der Waals surface area contributed by atoms with E-state index in [-0.39, 0.29) is 0 Å². The van der Waals surface area contributed by atoms with Gasteiger partial charge in [0, 0.05) is 10.9 Å². The van der Waals surface area contributed by atoms with Crippen LogP contribution in [0.2, 0.25) is 0 Å². The highest BCUT2D eigenvalue weighted by molar-refractivity contribution is 6.28. The highest BCUT2D eigenvalue weighted by atomic mass is 16.5. The topological polar surface area (TPSA) is 73.9 Å². The van der Waals surface area contributed by atoms with Crippen molar-refractivity contribution in [3.8, 4) is 28.4 Å². The van der Waals surface area contributed by atoms with Crippen LogP contribution in [0, 0.1) is 0 Å². The molecule has 0 saturated carbocycles. The van der Waals surface area contributed by atoms with E-state index in [2.05, 4.69) is 5.32 Å². The maximum atomic E-state index is 12.6. The van der Waals surface area contributed by atoms with Gasteiger partial charge in [0.25, 0.3) is 11.8 Å². The molecule has 1 aliphatic heterocycles. The van der Waals surface area contributed by atoms with Crippen molar-refractivity contribution in [3.63, 3.8) is 0 Å². The lowest BCUT2D eigenvalue weighted by Gasteiger charge is -2.17. The fraction of sp³-hybridized carbons (Fsp3) is 0.143. The molecule has 0 aromatic heterocycles. The molecule has 0 aliphatic carbocycles. The lowest BCUT2D eigenvalue weighted by atomic mass is 9.89. The van der Waals surface area contributed by atoms with Gasteiger partial charge in [-0.25, -0.2) is 0 Å². The summed E-state index contributed by atoms with van der Waals surface area (Å²) in [6, 6.07) is 12.6. The Balaban J connectivity index is 2.16. The largest absolute Gasteiger partial charge is 0.497 e. The molecule has 6 nitrogen and oxygen atoms in total. The van der Waals surface area contributed by atoms with Gasteiger partial charge in [-0.1, -0.05) is 18.2 Å². The van der Waals surface area contributed by atoms with Crippen molar-refractivity contribution in [2.75, 3.05) is 21.3 Å². The van der Waals surface area contributed by atoms with Gasteiger partial charge in [-0.05, 0) is 35.2 Å². The highest BCUT2D eigenvalue weighted by Gasteiger charge is 2.33. The number of nitrogens with one attached hydrogen (secondary N) is 1. The van der Waals surface area contributed by atoms with Gasteiger partial charge in [-0.15, -0.1) is 0 Å². The Morgan fingerprint density at radius 3 is 2.15 bits per heavy atom. The zero-order valence-corrected chi connectivity index (χ0v) is 15.1. The van der Waals surface area contributed by atoms with Crippen LogP contribution in [-0.2, 0) is 0 Å². The van der Waals surface area contributed by atoms with Gasteiger partial charge in [0.05, 0.1) is 32.5 Å². The van der Waals surface area contributed by atoms with Crippen molar-refractivity contribution in [1.82, 2.24) is 5.32 Å². The molecule has 0 unspecified atom stereocenters. The number of ether oxygens (including phenoxy) is 3. The van der Waals surface area contributed by atoms with E-state index in [0.29, 0.717) is 39.3 Å². The quantitative estimate of drug-likeness (QED) is 0.719. The van der Waals surface area contributed by atoms with E-state index < -0.39 is 11.8 Å². The van der Waals surface area contributed by atoms with E-state index in [1.165, 1.54) is 0 Å². The number of carbonyl (C=O) groups is 2. The van der Waals surface area contributed by atoms with E-state index in [0.717, 1.165) is 10.9 Å². The molecule has 0 radical (unpaired) electrons. The van der Waals surface area contributed by atoms with Gasteiger partial charge in [0.2, 0.25) is 0 Å². The Hall–Kier alpha value is -3.54. The van der Waals surface area contributed by atoms with Crippen molar-refractivity contribution >= 4 is 22.6 Å². The maximum Gasteiger partial charge on any atom is 0.259 e. The smallest absolute Gasteiger partial charge is 0.259 e. The van der Waals surface area contributed by atoms with Crippen LogP contribution >= 0.6 is 0 Å². The average Bonchev–Trinajstić information content (AvgIpc) is 2.98. The third-order valence-electron chi connectivity index (χ3n) is 4.72. The Morgan fingerprint density at radius 2 is 1.52 bits per heavy atom. The summed E-state index contributed by atoms with van der Waals surface area (Å²) in [5.41, 5.74) is 2.09. The SMILES string of the molecule is COc1ccc(-c2c3c(cc4ccc(OC)c(OC)c24)C(=O)NC3=O)cc1. The lowest BCUT2D eigenvalue weighted by Crippen LogP contribution is -2.20. The summed E-state index contributed by atoms with van der Waals surface area (Å²) < 4.78 is 16.3. The summed E-state index contributed by atoms with van der Waals surface area (Å²) in [5.74, 6) is 0.926. The Bertz CT molecular complexity index is 1090. The van der Waals surface area contributed by atoms with Crippen molar-refractivity contribution in [2.24, 2.45) is 0 Å². The van der Waals surface area contributed by atoms with Crippen molar-refractivity contribution in [1.29, 1.82) is 0 Å². The molecule has 0 fully saturated rings. The summed E-state index contributed by atoms with van der Waals surface area (Å²) in [4.78, 5) is 24.8. The van der Waals surface area contributed by atoms with Gasteiger partial charge in [0.1, 0.15) is 5.75 Å². The lowest BCUT2D eigenvalue weighted by molar-refractivity contribution is 0.0880. The molecule has 1 N–H and O–H groups in total. The second kappa shape index (κ2) is 6.32. The second-order valence-corrected chi connectivity index (χ2v) is 6.09. The minimum atomic E-state index is -0.424. The zero-order chi connectivity index (χ0) is 19.1. The summed E-state index contributed by atoms with van der Waals surface area (Å²) in [7, 11) is 4.69. The minimum Gasteiger partial charge on any atom is -0.497 e. The predicted octanol–water partition coefficient (Wildman–Crippen LogP) is 3.42. The summed E-state index contributed by atoms with van der Waals surface area (Å²) >= 11 is 0. The number of imide groups is 1.